The maximum Gasteiger partial charge on any atom is 0.315 e. The fraction of sp³-hybridized carbons (Fsp3) is 0.385. The number of benzene rings is 1. The van der Waals surface area contributed by atoms with Crippen LogP contribution in [-0.4, -0.2) is 29.4 Å². The van der Waals surface area contributed by atoms with Gasteiger partial charge in [-0.25, -0.2) is 4.79 Å². The number of carbonyl (C=O) groups is 2. The van der Waals surface area contributed by atoms with Gasteiger partial charge in [0.05, 0.1) is 0 Å². The Morgan fingerprint density at radius 1 is 1.33 bits per heavy atom. The minimum absolute atomic E-state index is 0.0603. The Morgan fingerprint density at radius 3 is 2.61 bits per heavy atom. The molecule has 0 aromatic heterocycles. The summed E-state index contributed by atoms with van der Waals surface area (Å²) in [6.45, 7) is 2.46. The molecule has 3 amide bonds. The summed E-state index contributed by atoms with van der Waals surface area (Å²) in [6, 6.07) is 6.68. The van der Waals surface area contributed by atoms with Crippen LogP contribution in [0.25, 0.3) is 0 Å². The number of primary amides is 2. The van der Waals surface area contributed by atoms with E-state index in [1.807, 2.05) is 31.2 Å². The van der Waals surface area contributed by atoms with Crippen molar-refractivity contribution in [3.63, 3.8) is 0 Å². The van der Waals surface area contributed by atoms with Gasteiger partial charge in [-0.1, -0.05) is 29.8 Å². The molecule has 1 aliphatic heterocycles. The monoisotopic (exact) mass is 247 g/mol. The first-order valence-corrected chi connectivity index (χ1v) is 5.92. The highest BCUT2D eigenvalue weighted by Crippen LogP contribution is 2.33. The molecule has 1 fully saturated rings. The van der Waals surface area contributed by atoms with Gasteiger partial charge in [0.15, 0.2) is 0 Å². The molecule has 5 heteroatoms. The second-order valence-corrected chi connectivity index (χ2v) is 4.69. The smallest absolute Gasteiger partial charge is 0.315 e. The van der Waals surface area contributed by atoms with E-state index >= 15 is 0 Å². The summed E-state index contributed by atoms with van der Waals surface area (Å²) in [6.07, 6.45) is 0.708. The second kappa shape index (κ2) is 4.68. The molecule has 0 aliphatic carbocycles. The van der Waals surface area contributed by atoms with Crippen LogP contribution in [0.3, 0.4) is 0 Å². The molecular formula is C13H17N3O2. The van der Waals surface area contributed by atoms with E-state index in [0.29, 0.717) is 13.0 Å². The van der Waals surface area contributed by atoms with E-state index in [-0.39, 0.29) is 5.92 Å². The Balaban J connectivity index is 2.33. The van der Waals surface area contributed by atoms with Gasteiger partial charge in [0, 0.05) is 12.5 Å². The molecule has 0 saturated carbocycles. The lowest BCUT2D eigenvalue weighted by Gasteiger charge is -2.24. The molecule has 2 atom stereocenters. The summed E-state index contributed by atoms with van der Waals surface area (Å²) < 4.78 is 0. The normalized spacial score (nSPS) is 23.1. The molecule has 2 unspecified atom stereocenters. The summed E-state index contributed by atoms with van der Waals surface area (Å²) in [5.41, 5.74) is 12.8. The summed E-state index contributed by atoms with van der Waals surface area (Å²) in [4.78, 5) is 24.2. The molecule has 1 aliphatic rings. The van der Waals surface area contributed by atoms with E-state index in [1.54, 1.807) is 0 Å². The van der Waals surface area contributed by atoms with Crippen LogP contribution in [0.5, 0.6) is 0 Å². The minimum atomic E-state index is -0.635. The van der Waals surface area contributed by atoms with Crippen molar-refractivity contribution in [3.8, 4) is 0 Å². The number of aryl methyl sites for hydroxylation is 1. The van der Waals surface area contributed by atoms with Gasteiger partial charge < -0.3 is 16.4 Å². The lowest BCUT2D eigenvalue weighted by molar-refractivity contribution is -0.121. The molecule has 1 aromatic carbocycles. The van der Waals surface area contributed by atoms with Gasteiger partial charge in [0.25, 0.3) is 0 Å². The summed E-state index contributed by atoms with van der Waals surface area (Å²) in [5.74, 6) is -0.562. The second-order valence-electron chi connectivity index (χ2n) is 4.69. The van der Waals surface area contributed by atoms with Crippen molar-refractivity contribution in [2.45, 2.75) is 25.3 Å². The number of urea groups is 1. The lowest BCUT2D eigenvalue weighted by atomic mass is 9.90. The third-order valence-corrected chi connectivity index (χ3v) is 3.44. The van der Waals surface area contributed by atoms with E-state index < -0.39 is 18.0 Å². The molecule has 1 aromatic rings. The fourth-order valence-corrected chi connectivity index (χ4v) is 2.64. The number of hydrogen-bond acceptors (Lipinski definition) is 2. The predicted molar refractivity (Wildman–Crippen MR) is 67.8 cm³/mol. The average Bonchev–Trinajstić information content (AvgIpc) is 2.73. The lowest BCUT2D eigenvalue weighted by Crippen LogP contribution is -2.48. The van der Waals surface area contributed by atoms with Gasteiger partial charge >= 0.3 is 6.03 Å². The first-order chi connectivity index (χ1) is 8.50. The van der Waals surface area contributed by atoms with Gasteiger partial charge in [-0.2, -0.15) is 0 Å². The van der Waals surface area contributed by atoms with Crippen molar-refractivity contribution in [1.82, 2.24) is 4.90 Å². The van der Waals surface area contributed by atoms with Crippen LogP contribution in [0.4, 0.5) is 4.79 Å². The number of hydrogen-bond donors (Lipinski definition) is 2. The average molecular weight is 247 g/mol. The van der Waals surface area contributed by atoms with Crippen molar-refractivity contribution in [1.29, 1.82) is 0 Å². The van der Waals surface area contributed by atoms with Crippen LogP contribution in [0.2, 0.25) is 0 Å². The SMILES string of the molecule is Cc1cccc(C2CCN(C(N)=O)C2C(N)=O)c1. The molecule has 1 heterocycles. The molecule has 0 spiro atoms. The molecule has 0 bridgehead atoms. The largest absolute Gasteiger partial charge is 0.368 e. The Morgan fingerprint density at radius 2 is 2.06 bits per heavy atom. The zero-order chi connectivity index (χ0) is 13.3. The highest BCUT2D eigenvalue weighted by Gasteiger charge is 2.40. The fourth-order valence-electron chi connectivity index (χ4n) is 2.64. The van der Waals surface area contributed by atoms with E-state index in [2.05, 4.69) is 0 Å². The maximum absolute atomic E-state index is 11.6. The van der Waals surface area contributed by atoms with E-state index in [1.165, 1.54) is 4.90 Å². The standard InChI is InChI=1S/C13H17N3O2/c1-8-3-2-4-9(7-8)10-5-6-16(13(15)18)11(10)12(14)17/h2-4,7,10-11H,5-6H2,1H3,(H2,14,17)(H2,15,18). The molecule has 2 rings (SSSR count). The first-order valence-electron chi connectivity index (χ1n) is 5.92. The van der Waals surface area contributed by atoms with Crippen molar-refractivity contribution < 1.29 is 9.59 Å². The zero-order valence-corrected chi connectivity index (χ0v) is 10.3. The van der Waals surface area contributed by atoms with E-state index in [0.717, 1.165) is 11.1 Å². The molecule has 18 heavy (non-hydrogen) atoms. The van der Waals surface area contributed by atoms with Crippen LogP contribution in [0, 0.1) is 6.92 Å². The molecule has 1 saturated heterocycles. The zero-order valence-electron chi connectivity index (χ0n) is 10.3. The molecule has 5 nitrogen and oxygen atoms in total. The van der Waals surface area contributed by atoms with Gasteiger partial charge in [0.2, 0.25) is 5.91 Å². The summed E-state index contributed by atoms with van der Waals surface area (Å²) >= 11 is 0. The minimum Gasteiger partial charge on any atom is -0.368 e. The third-order valence-electron chi connectivity index (χ3n) is 3.44. The molecule has 96 valence electrons. The number of nitrogens with zero attached hydrogens (tertiary/aromatic N) is 1. The van der Waals surface area contributed by atoms with Crippen LogP contribution in [0.1, 0.15) is 23.5 Å². The van der Waals surface area contributed by atoms with Gasteiger partial charge in [-0.15, -0.1) is 0 Å². The van der Waals surface area contributed by atoms with E-state index in [4.69, 9.17) is 11.5 Å². The maximum atomic E-state index is 11.6. The number of rotatable bonds is 2. The van der Waals surface area contributed by atoms with Gasteiger partial charge in [-0.3, -0.25) is 4.79 Å². The Bertz CT molecular complexity index is 487. The summed E-state index contributed by atoms with van der Waals surface area (Å²) in [5, 5.41) is 0. The van der Waals surface area contributed by atoms with E-state index in [9.17, 15) is 9.59 Å². The van der Waals surface area contributed by atoms with Crippen molar-refractivity contribution in [2.24, 2.45) is 11.5 Å². The molecular weight excluding hydrogens is 230 g/mol. The van der Waals surface area contributed by atoms with Gasteiger partial charge in [0.1, 0.15) is 6.04 Å². The van der Waals surface area contributed by atoms with Crippen molar-refractivity contribution >= 4 is 11.9 Å². The number of likely N-dealkylation sites (tertiary alicyclic amines) is 1. The Hall–Kier alpha value is -2.04. The number of nitrogens with two attached hydrogens (primary N) is 2. The Labute approximate surface area is 106 Å². The quantitative estimate of drug-likeness (QED) is 0.806. The highest BCUT2D eigenvalue weighted by atomic mass is 16.2. The van der Waals surface area contributed by atoms with Gasteiger partial charge in [-0.05, 0) is 18.9 Å². The number of amides is 3. The predicted octanol–water partition coefficient (Wildman–Crippen LogP) is 0.717. The van der Waals surface area contributed by atoms with Crippen LogP contribution in [0.15, 0.2) is 24.3 Å². The topological polar surface area (TPSA) is 89.4 Å². The third kappa shape index (κ3) is 2.16. The molecule has 4 N–H and O–H groups in total. The number of carbonyl (C=O) groups excluding carboxylic acids is 2. The van der Waals surface area contributed by atoms with Crippen LogP contribution >= 0.6 is 0 Å². The van der Waals surface area contributed by atoms with Crippen LogP contribution < -0.4 is 11.5 Å². The summed E-state index contributed by atoms with van der Waals surface area (Å²) in [7, 11) is 0. The Kier molecular flexibility index (Phi) is 3.23. The van der Waals surface area contributed by atoms with Crippen molar-refractivity contribution in [3.05, 3.63) is 35.4 Å². The van der Waals surface area contributed by atoms with Crippen LogP contribution in [-0.2, 0) is 4.79 Å². The first kappa shape index (κ1) is 12.4. The molecule has 0 radical (unpaired) electrons. The highest BCUT2D eigenvalue weighted by molar-refractivity contribution is 5.87. The van der Waals surface area contributed by atoms with Crippen molar-refractivity contribution in [2.75, 3.05) is 6.54 Å².